The molecule has 2 aromatic rings. The van der Waals surface area contributed by atoms with E-state index in [-0.39, 0.29) is 24.0 Å². The van der Waals surface area contributed by atoms with Crippen LogP contribution in [0.4, 0.5) is 5.69 Å². The lowest BCUT2D eigenvalue weighted by atomic mass is 9.93. The third-order valence-corrected chi connectivity index (χ3v) is 5.30. The van der Waals surface area contributed by atoms with Gasteiger partial charge in [-0.05, 0) is 37.0 Å². The van der Waals surface area contributed by atoms with Crippen LogP contribution in [0.2, 0.25) is 0 Å². The van der Waals surface area contributed by atoms with Gasteiger partial charge in [0.05, 0.1) is 18.9 Å². The molecule has 3 rings (SSSR count). The number of likely N-dealkylation sites (tertiary alicyclic amines) is 1. The maximum atomic E-state index is 4.94. The zero-order valence-electron chi connectivity index (χ0n) is 17.4. The molecule has 7 heteroatoms. The number of aromatic nitrogens is 2. The SMILES string of the molecule is CCNC(=NCc1cccc(N(C)C)c1)N1CCC(C)C(n2ccnc2)C1.I. The Bertz CT molecular complexity index is 743. The summed E-state index contributed by atoms with van der Waals surface area (Å²) >= 11 is 0. The predicted molar refractivity (Wildman–Crippen MR) is 128 cm³/mol. The third-order valence-electron chi connectivity index (χ3n) is 5.30. The number of imidazole rings is 1. The van der Waals surface area contributed by atoms with Gasteiger partial charge in [0.25, 0.3) is 0 Å². The normalized spacial score (nSPS) is 19.9. The molecule has 2 unspecified atom stereocenters. The van der Waals surface area contributed by atoms with Crippen LogP contribution in [0, 0.1) is 5.92 Å². The highest BCUT2D eigenvalue weighted by Crippen LogP contribution is 2.27. The second-order valence-electron chi connectivity index (χ2n) is 7.52. The van der Waals surface area contributed by atoms with Gasteiger partial charge < -0.3 is 19.7 Å². The summed E-state index contributed by atoms with van der Waals surface area (Å²) in [6.07, 6.45) is 7.02. The van der Waals surface area contributed by atoms with Gasteiger partial charge in [-0.2, -0.15) is 0 Å². The van der Waals surface area contributed by atoms with Crippen LogP contribution in [0.3, 0.4) is 0 Å². The first kappa shape index (κ1) is 22.5. The summed E-state index contributed by atoms with van der Waals surface area (Å²) < 4.78 is 2.24. The molecule has 6 nitrogen and oxygen atoms in total. The molecular weight excluding hydrogens is 463 g/mol. The molecule has 1 aromatic heterocycles. The van der Waals surface area contributed by atoms with Crippen LogP contribution in [0.1, 0.15) is 31.9 Å². The maximum absolute atomic E-state index is 4.94. The van der Waals surface area contributed by atoms with E-state index in [2.05, 4.69) is 83.1 Å². The van der Waals surface area contributed by atoms with Gasteiger partial charge in [0.1, 0.15) is 0 Å². The first-order valence-corrected chi connectivity index (χ1v) is 9.85. The molecule has 2 atom stereocenters. The minimum absolute atomic E-state index is 0. The van der Waals surface area contributed by atoms with Crippen LogP contribution in [0.15, 0.2) is 48.0 Å². The standard InChI is InChI=1S/C21H32N6.HI/c1-5-23-21(24-14-18-7-6-8-19(13-18)25(3)4)26-11-9-17(2)20(15-26)27-12-10-22-16-27;/h6-8,10,12-13,16-17,20H,5,9,11,14-15H2,1-4H3,(H,23,24);1H. The third kappa shape index (κ3) is 5.62. The Morgan fingerprint density at radius 2 is 2.18 bits per heavy atom. The quantitative estimate of drug-likeness (QED) is 0.391. The summed E-state index contributed by atoms with van der Waals surface area (Å²) in [7, 11) is 4.13. The molecule has 2 heterocycles. The number of nitrogens with zero attached hydrogens (tertiary/aromatic N) is 5. The van der Waals surface area contributed by atoms with E-state index in [4.69, 9.17) is 4.99 Å². The number of aliphatic imine (C=N–C) groups is 1. The first-order chi connectivity index (χ1) is 13.1. The van der Waals surface area contributed by atoms with Crippen LogP contribution in [0.5, 0.6) is 0 Å². The van der Waals surface area contributed by atoms with E-state index in [0.29, 0.717) is 18.5 Å². The van der Waals surface area contributed by atoms with Gasteiger partial charge in [0.15, 0.2) is 5.96 Å². The number of halogens is 1. The van der Waals surface area contributed by atoms with E-state index in [1.165, 1.54) is 11.3 Å². The molecule has 0 aliphatic carbocycles. The number of guanidine groups is 1. The second-order valence-corrected chi connectivity index (χ2v) is 7.52. The summed E-state index contributed by atoms with van der Waals surface area (Å²) in [5.41, 5.74) is 2.44. The minimum Gasteiger partial charge on any atom is -0.378 e. The van der Waals surface area contributed by atoms with Crippen molar-refractivity contribution in [3.05, 3.63) is 48.5 Å². The highest BCUT2D eigenvalue weighted by molar-refractivity contribution is 14.0. The molecule has 1 aliphatic heterocycles. The fourth-order valence-electron chi connectivity index (χ4n) is 3.62. The molecule has 154 valence electrons. The molecule has 28 heavy (non-hydrogen) atoms. The van der Waals surface area contributed by atoms with Crippen molar-refractivity contribution in [3.63, 3.8) is 0 Å². The van der Waals surface area contributed by atoms with E-state index in [1.807, 2.05) is 12.5 Å². The molecular formula is C21H33IN6. The first-order valence-electron chi connectivity index (χ1n) is 9.85. The van der Waals surface area contributed by atoms with Crippen molar-refractivity contribution in [3.8, 4) is 0 Å². The summed E-state index contributed by atoms with van der Waals surface area (Å²) in [6, 6.07) is 9.01. The van der Waals surface area contributed by atoms with E-state index >= 15 is 0 Å². The fraction of sp³-hybridized carbons (Fsp3) is 0.524. The monoisotopic (exact) mass is 496 g/mol. The number of rotatable bonds is 5. The van der Waals surface area contributed by atoms with Crippen molar-refractivity contribution < 1.29 is 0 Å². The van der Waals surface area contributed by atoms with E-state index in [1.54, 1.807) is 0 Å². The molecule has 0 saturated carbocycles. The summed E-state index contributed by atoms with van der Waals surface area (Å²) in [6.45, 7) is 8.02. The van der Waals surface area contributed by atoms with Crippen LogP contribution < -0.4 is 10.2 Å². The number of anilines is 1. The zero-order chi connectivity index (χ0) is 19.2. The molecule has 0 radical (unpaired) electrons. The van der Waals surface area contributed by atoms with Crippen molar-refractivity contribution in [2.45, 2.75) is 32.9 Å². The van der Waals surface area contributed by atoms with Crippen molar-refractivity contribution in [1.29, 1.82) is 0 Å². The van der Waals surface area contributed by atoms with Crippen molar-refractivity contribution >= 4 is 35.6 Å². The second kappa shape index (κ2) is 10.7. The Morgan fingerprint density at radius 3 is 2.86 bits per heavy atom. The zero-order valence-corrected chi connectivity index (χ0v) is 19.7. The molecule has 1 aliphatic rings. The van der Waals surface area contributed by atoms with Gasteiger partial charge in [0, 0.05) is 51.8 Å². The molecule has 1 N–H and O–H groups in total. The molecule has 1 saturated heterocycles. The summed E-state index contributed by atoms with van der Waals surface area (Å²) in [5, 5.41) is 3.48. The minimum atomic E-state index is 0. The smallest absolute Gasteiger partial charge is 0.194 e. The Balaban J connectivity index is 0.00000280. The average molecular weight is 496 g/mol. The molecule has 0 spiro atoms. The fourth-order valence-corrected chi connectivity index (χ4v) is 3.62. The Kier molecular flexibility index (Phi) is 8.59. The lowest BCUT2D eigenvalue weighted by molar-refractivity contribution is 0.189. The Labute approximate surface area is 186 Å². The van der Waals surface area contributed by atoms with E-state index in [0.717, 1.165) is 32.0 Å². The number of nitrogens with one attached hydrogen (secondary N) is 1. The summed E-state index contributed by atoms with van der Waals surface area (Å²) in [4.78, 5) is 13.7. The number of hydrogen-bond donors (Lipinski definition) is 1. The lowest BCUT2D eigenvalue weighted by Gasteiger charge is -2.39. The predicted octanol–water partition coefficient (Wildman–Crippen LogP) is 3.62. The summed E-state index contributed by atoms with van der Waals surface area (Å²) in [5.74, 6) is 1.64. The molecule has 1 aromatic carbocycles. The van der Waals surface area contributed by atoms with Crippen LogP contribution in [-0.4, -0.2) is 54.1 Å². The van der Waals surface area contributed by atoms with E-state index < -0.39 is 0 Å². The number of hydrogen-bond acceptors (Lipinski definition) is 3. The largest absolute Gasteiger partial charge is 0.378 e. The van der Waals surface area contributed by atoms with Gasteiger partial charge in [-0.15, -0.1) is 24.0 Å². The average Bonchev–Trinajstić information content (AvgIpc) is 3.20. The molecule has 0 amide bonds. The van der Waals surface area contributed by atoms with Crippen LogP contribution in [0.25, 0.3) is 0 Å². The topological polar surface area (TPSA) is 48.7 Å². The van der Waals surface area contributed by atoms with Gasteiger partial charge in [-0.25, -0.2) is 9.98 Å². The van der Waals surface area contributed by atoms with Crippen molar-refractivity contribution in [1.82, 2.24) is 19.8 Å². The van der Waals surface area contributed by atoms with Gasteiger partial charge >= 0.3 is 0 Å². The number of benzene rings is 1. The van der Waals surface area contributed by atoms with Crippen LogP contribution in [-0.2, 0) is 6.54 Å². The van der Waals surface area contributed by atoms with Gasteiger partial charge in [-0.3, -0.25) is 0 Å². The lowest BCUT2D eigenvalue weighted by Crippen LogP contribution is -2.49. The maximum Gasteiger partial charge on any atom is 0.194 e. The molecule has 0 bridgehead atoms. The van der Waals surface area contributed by atoms with Gasteiger partial charge in [0.2, 0.25) is 0 Å². The van der Waals surface area contributed by atoms with Crippen molar-refractivity contribution in [2.24, 2.45) is 10.9 Å². The van der Waals surface area contributed by atoms with Gasteiger partial charge in [-0.1, -0.05) is 19.1 Å². The van der Waals surface area contributed by atoms with E-state index in [9.17, 15) is 0 Å². The van der Waals surface area contributed by atoms with Crippen molar-refractivity contribution in [2.75, 3.05) is 38.6 Å². The molecule has 1 fully saturated rings. The Morgan fingerprint density at radius 1 is 1.36 bits per heavy atom. The highest BCUT2D eigenvalue weighted by atomic mass is 127. The Hall–Kier alpha value is -1.77. The highest BCUT2D eigenvalue weighted by Gasteiger charge is 2.28. The number of piperidine rings is 1. The van der Waals surface area contributed by atoms with Crippen LogP contribution >= 0.6 is 24.0 Å².